The smallest absolute Gasteiger partial charge is 0.326 e. The highest BCUT2D eigenvalue weighted by Gasteiger charge is 2.30. The molecule has 0 aromatic carbocycles. The van der Waals surface area contributed by atoms with Crippen LogP contribution in [0.4, 0.5) is 0 Å². The van der Waals surface area contributed by atoms with Crippen molar-refractivity contribution < 1.29 is 78.6 Å². The molecule has 0 aromatic heterocycles. The van der Waals surface area contributed by atoms with E-state index < -0.39 is 134 Å². The van der Waals surface area contributed by atoms with Crippen LogP contribution in [0, 0.1) is 0 Å². The van der Waals surface area contributed by atoms with E-state index in [4.69, 9.17) is 31.9 Å². The summed E-state index contributed by atoms with van der Waals surface area (Å²) in [6.45, 7) is 0. The predicted octanol–water partition coefficient (Wildman–Crippen LogP) is -3.41. The van der Waals surface area contributed by atoms with Crippen LogP contribution in [0.3, 0.4) is 0 Å². The van der Waals surface area contributed by atoms with Crippen LogP contribution < -0.4 is 32.7 Å². The molecule has 0 aliphatic heterocycles. The van der Waals surface area contributed by atoms with Crippen LogP contribution in [0.15, 0.2) is 0 Å². The van der Waals surface area contributed by atoms with Crippen molar-refractivity contribution in [2.75, 3.05) is 11.5 Å². The molecule has 0 spiro atoms. The Bertz CT molecular complexity index is 1180. The molecule has 0 aliphatic carbocycles. The molecule has 0 fully saturated rings. The topological polar surface area (TPSA) is 392 Å². The third kappa shape index (κ3) is 20.0. The Morgan fingerprint density at radius 1 is 0.440 bits per heavy atom. The van der Waals surface area contributed by atoms with Crippen molar-refractivity contribution in [1.29, 1.82) is 0 Å². The molecular formula is C26H40N6O16S2. The SMILES string of the molecule is N[C@@H](CCC(=O)N[C@@H](CSSC[C@H](NC(=O)CC[C@H](N)C(=O)O)C(=O)N[C@@H](CCC(=O)O)C(=O)O)C(=O)N[C@@H](CCC(=O)O)C(=O)O)C(=O)O. The van der Waals surface area contributed by atoms with Crippen LogP contribution in [0.1, 0.15) is 51.4 Å². The van der Waals surface area contributed by atoms with Gasteiger partial charge in [0.05, 0.1) is 0 Å². The maximum Gasteiger partial charge on any atom is 0.326 e. The molecule has 0 saturated heterocycles. The molecule has 0 radical (unpaired) electrons. The Balaban J connectivity index is 5.86. The van der Waals surface area contributed by atoms with Crippen molar-refractivity contribution in [1.82, 2.24) is 21.3 Å². The Morgan fingerprint density at radius 2 is 0.760 bits per heavy atom. The first kappa shape index (κ1) is 45.3. The Kier molecular flexibility index (Phi) is 21.4. The fourth-order valence-electron chi connectivity index (χ4n) is 3.55. The summed E-state index contributed by atoms with van der Waals surface area (Å²) >= 11 is 0. The maximum atomic E-state index is 13.0. The average Bonchev–Trinajstić information content (AvgIpc) is 3.02. The van der Waals surface area contributed by atoms with Gasteiger partial charge in [-0.2, -0.15) is 0 Å². The lowest BCUT2D eigenvalue weighted by atomic mass is 10.1. The van der Waals surface area contributed by atoms with E-state index in [1.807, 2.05) is 0 Å². The van der Waals surface area contributed by atoms with Crippen molar-refractivity contribution >= 4 is 81.0 Å². The predicted molar refractivity (Wildman–Crippen MR) is 171 cm³/mol. The normalized spacial score (nSPS) is 14.4. The van der Waals surface area contributed by atoms with Gasteiger partial charge in [-0.25, -0.2) is 9.59 Å². The van der Waals surface area contributed by atoms with Gasteiger partial charge in [-0.3, -0.25) is 38.4 Å². The number of carboxylic acid groups (broad SMARTS) is 6. The Morgan fingerprint density at radius 3 is 1.02 bits per heavy atom. The van der Waals surface area contributed by atoms with Gasteiger partial charge in [0.25, 0.3) is 0 Å². The summed E-state index contributed by atoms with van der Waals surface area (Å²) in [4.78, 5) is 118. The van der Waals surface area contributed by atoms with Crippen LogP contribution >= 0.6 is 21.6 Å². The molecule has 282 valence electrons. The fraction of sp³-hybridized carbons (Fsp3) is 0.615. The molecule has 50 heavy (non-hydrogen) atoms. The van der Waals surface area contributed by atoms with Gasteiger partial charge in [0.1, 0.15) is 36.3 Å². The maximum absolute atomic E-state index is 13.0. The van der Waals surface area contributed by atoms with Gasteiger partial charge >= 0.3 is 35.8 Å². The highest BCUT2D eigenvalue weighted by atomic mass is 33.1. The van der Waals surface area contributed by atoms with Crippen LogP contribution in [-0.4, -0.2) is 138 Å². The molecule has 22 nitrogen and oxygen atoms in total. The van der Waals surface area contributed by atoms with Gasteiger partial charge < -0.3 is 63.4 Å². The summed E-state index contributed by atoms with van der Waals surface area (Å²) in [5.74, 6) is -13.1. The van der Waals surface area contributed by atoms with Crippen molar-refractivity contribution in [3.8, 4) is 0 Å². The number of rotatable bonds is 27. The summed E-state index contributed by atoms with van der Waals surface area (Å²) in [5, 5.41) is 63.2. The van der Waals surface area contributed by atoms with Gasteiger partial charge in [-0.1, -0.05) is 21.6 Å². The lowest BCUT2D eigenvalue weighted by Crippen LogP contribution is -2.53. The minimum absolute atomic E-state index is 0.328. The van der Waals surface area contributed by atoms with Crippen LogP contribution in [0.25, 0.3) is 0 Å². The zero-order valence-electron chi connectivity index (χ0n) is 26.3. The number of nitrogens with two attached hydrogens (primary N) is 2. The number of nitrogens with one attached hydrogen (secondary N) is 4. The van der Waals surface area contributed by atoms with Crippen molar-refractivity contribution in [2.45, 2.75) is 87.6 Å². The van der Waals surface area contributed by atoms with Gasteiger partial charge in [-0.15, -0.1) is 0 Å². The number of hydrogen-bond acceptors (Lipinski definition) is 14. The monoisotopic (exact) mass is 756 g/mol. The summed E-state index contributed by atoms with van der Waals surface area (Å²) in [7, 11) is 1.61. The fourth-order valence-corrected chi connectivity index (χ4v) is 5.87. The standard InChI is InChI=1S/C26H40N6O16S2/c27-11(23(41)42)1-5-17(33)29-15(21(39)31-13(25(45)46)3-7-19(35)36)9-49-50-10-16(30-18(34)6-2-12(28)24(43)44)22(40)32-14(26(47)48)4-8-20(37)38/h11-16H,1-10,27-28H2,(H,29,33)(H,30,34)(H,31,39)(H,32,40)(H,35,36)(H,37,38)(H,41,42)(H,43,44)(H,45,46)(H,47,48)/t11-,12-,13-,14-,15-,16-/m0/s1. The zero-order valence-corrected chi connectivity index (χ0v) is 27.9. The van der Waals surface area contributed by atoms with Crippen molar-refractivity contribution in [2.24, 2.45) is 11.5 Å². The van der Waals surface area contributed by atoms with Crippen LogP contribution in [0.2, 0.25) is 0 Å². The van der Waals surface area contributed by atoms with E-state index in [1.165, 1.54) is 0 Å². The molecule has 24 heteroatoms. The number of carbonyl (C=O) groups excluding carboxylic acids is 4. The number of carbonyl (C=O) groups is 10. The first-order valence-electron chi connectivity index (χ1n) is 14.5. The largest absolute Gasteiger partial charge is 0.481 e. The van der Waals surface area contributed by atoms with Crippen LogP contribution in [-0.2, 0) is 47.9 Å². The molecule has 6 atom stereocenters. The molecule has 0 saturated carbocycles. The molecule has 0 bridgehead atoms. The van der Waals surface area contributed by atoms with E-state index >= 15 is 0 Å². The third-order valence-corrected chi connectivity index (χ3v) is 8.80. The van der Waals surface area contributed by atoms with Crippen LogP contribution in [0.5, 0.6) is 0 Å². The Hall–Kier alpha value is -4.68. The number of hydrogen-bond donors (Lipinski definition) is 12. The van der Waals surface area contributed by atoms with Crippen molar-refractivity contribution in [3.05, 3.63) is 0 Å². The molecule has 0 aromatic rings. The second-order valence-electron chi connectivity index (χ2n) is 10.4. The van der Waals surface area contributed by atoms with Crippen molar-refractivity contribution in [3.63, 3.8) is 0 Å². The first-order valence-corrected chi connectivity index (χ1v) is 17.0. The summed E-state index contributed by atoms with van der Waals surface area (Å²) in [6, 6.07) is -9.16. The second-order valence-corrected chi connectivity index (χ2v) is 13.0. The molecular weight excluding hydrogens is 716 g/mol. The highest BCUT2D eigenvalue weighted by Crippen LogP contribution is 2.24. The molecule has 0 aliphatic rings. The summed E-state index contributed by atoms with van der Waals surface area (Å²) < 4.78 is 0. The van der Waals surface area contributed by atoms with E-state index in [9.17, 15) is 58.2 Å². The average molecular weight is 757 g/mol. The molecule has 0 rings (SSSR count). The van der Waals surface area contributed by atoms with E-state index in [0.717, 1.165) is 21.6 Å². The summed E-state index contributed by atoms with van der Waals surface area (Å²) in [6.07, 6.45) is -3.83. The van der Waals surface area contributed by atoms with Gasteiger partial charge in [0.2, 0.25) is 23.6 Å². The molecule has 0 heterocycles. The molecule has 4 amide bonds. The zero-order chi connectivity index (χ0) is 38.6. The third-order valence-electron chi connectivity index (χ3n) is 6.38. The number of aliphatic carboxylic acids is 6. The molecule has 0 unspecified atom stereocenters. The van der Waals surface area contributed by atoms with Gasteiger partial charge in [0.15, 0.2) is 0 Å². The lowest BCUT2D eigenvalue weighted by molar-refractivity contribution is -0.144. The second kappa shape index (κ2) is 23.6. The van der Waals surface area contributed by atoms with E-state index in [0.29, 0.717) is 0 Å². The first-order chi connectivity index (χ1) is 23.2. The van der Waals surface area contributed by atoms with Gasteiger partial charge in [0, 0.05) is 37.2 Å². The minimum Gasteiger partial charge on any atom is -0.481 e. The van der Waals surface area contributed by atoms with E-state index in [-0.39, 0.29) is 24.3 Å². The number of carboxylic acids is 6. The molecule has 14 N–H and O–H groups in total. The van der Waals surface area contributed by atoms with E-state index in [2.05, 4.69) is 21.3 Å². The van der Waals surface area contributed by atoms with Gasteiger partial charge in [-0.05, 0) is 25.7 Å². The minimum atomic E-state index is -1.67. The lowest BCUT2D eigenvalue weighted by Gasteiger charge is -2.23. The summed E-state index contributed by atoms with van der Waals surface area (Å²) in [5.41, 5.74) is 10.8. The highest BCUT2D eigenvalue weighted by molar-refractivity contribution is 8.76. The quantitative estimate of drug-likeness (QED) is 0.0287. The van der Waals surface area contributed by atoms with E-state index in [1.54, 1.807) is 0 Å². The Labute approximate surface area is 291 Å². The number of amides is 4.